The Balaban J connectivity index is 1.28. The molecular weight excluding hydrogens is 408 g/mol. The number of aromatic amines is 2. The fraction of sp³-hybridized carbons (Fsp3) is 0.214. The third-order valence-corrected chi connectivity index (χ3v) is 5.82. The molecule has 2 N–H and O–H groups in total. The fourth-order valence-electron chi connectivity index (χ4n) is 4.10. The molecule has 5 heteroatoms. The summed E-state index contributed by atoms with van der Waals surface area (Å²) in [6.45, 7) is 2.24. The highest BCUT2D eigenvalue weighted by atomic mass is 16.5. The number of ether oxygens (including phenoxy) is 1. The van der Waals surface area contributed by atoms with Crippen LogP contribution in [0.4, 0.5) is 0 Å². The van der Waals surface area contributed by atoms with Crippen molar-refractivity contribution >= 4 is 10.9 Å². The average Bonchev–Trinajstić information content (AvgIpc) is 3.49. The zero-order chi connectivity index (χ0) is 22.5. The summed E-state index contributed by atoms with van der Waals surface area (Å²) in [6, 6.07) is 24.7. The predicted molar refractivity (Wildman–Crippen MR) is 133 cm³/mol. The lowest BCUT2D eigenvalue weighted by atomic mass is 10.0. The smallest absolute Gasteiger partial charge is 0.181 e. The van der Waals surface area contributed by atoms with Gasteiger partial charge in [-0.15, -0.1) is 0 Å². The van der Waals surface area contributed by atoms with Crippen molar-refractivity contribution in [1.29, 1.82) is 0 Å². The van der Waals surface area contributed by atoms with Crippen molar-refractivity contribution in [3.8, 4) is 22.9 Å². The molecule has 5 nitrogen and oxygen atoms in total. The van der Waals surface area contributed by atoms with Crippen molar-refractivity contribution in [3.63, 3.8) is 0 Å². The van der Waals surface area contributed by atoms with Gasteiger partial charge in [-0.25, -0.2) is 4.98 Å². The van der Waals surface area contributed by atoms with Crippen LogP contribution in [0.5, 0.6) is 11.5 Å². The zero-order valence-corrected chi connectivity index (χ0v) is 18.8. The van der Waals surface area contributed by atoms with Gasteiger partial charge in [0.15, 0.2) is 5.82 Å². The van der Waals surface area contributed by atoms with E-state index in [1.165, 1.54) is 30.4 Å². The molecule has 0 aliphatic rings. The number of rotatable bonds is 9. The lowest BCUT2D eigenvalue weighted by molar-refractivity contribution is 0.483. The summed E-state index contributed by atoms with van der Waals surface area (Å²) in [6.07, 6.45) is 7.56. The van der Waals surface area contributed by atoms with Gasteiger partial charge in [0.2, 0.25) is 0 Å². The number of benzene rings is 3. The number of nitrogens with one attached hydrogen (secondary N) is 2. The number of nitrogens with zero attached hydrogens (tertiary/aromatic N) is 2. The molecule has 0 amide bonds. The zero-order valence-electron chi connectivity index (χ0n) is 18.8. The van der Waals surface area contributed by atoms with Crippen LogP contribution >= 0.6 is 0 Å². The Labute approximate surface area is 193 Å². The summed E-state index contributed by atoms with van der Waals surface area (Å²) >= 11 is 0. The second kappa shape index (κ2) is 9.74. The van der Waals surface area contributed by atoms with Crippen LogP contribution in [0.15, 0.2) is 79.0 Å². The summed E-state index contributed by atoms with van der Waals surface area (Å²) in [5, 5.41) is 8.68. The molecular formula is C28H28N4O. The lowest BCUT2D eigenvalue weighted by Crippen LogP contribution is -1.93. The first-order valence-electron chi connectivity index (χ1n) is 11.6. The maximum atomic E-state index is 6.09. The second-order valence-electron chi connectivity index (χ2n) is 8.42. The number of hydrogen-bond donors (Lipinski definition) is 2. The minimum Gasteiger partial charge on any atom is -0.457 e. The summed E-state index contributed by atoms with van der Waals surface area (Å²) in [5.74, 6) is 3.10. The van der Waals surface area contributed by atoms with Crippen molar-refractivity contribution in [2.24, 2.45) is 0 Å². The first-order valence-corrected chi connectivity index (χ1v) is 11.6. The highest BCUT2D eigenvalue weighted by Gasteiger charge is 2.09. The van der Waals surface area contributed by atoms with Crippen molar-refractivity contribution in [2.75, 3.05) is 0 Å². The maximum Gasteiger partial charge on any atom is 0.181 e. The molecule has 5 rings (SSSR count). The molecule has 5 aromatic rings. The number of aryl methyl sites for hydroxylation is 1. The van der Waals surface area contributed by atoms with Crippen LogP contribution in [0, 0.1) is 0 Å². The molecule has 0 fully saturated rings. The molecule has 166 valence electrons. The minimum absolute atomic E-state index is 0.677. The van der Waals surface area contributed by atoms with Crippen LogP contribution < -0.4 is 4.74 Å². The highest BCUT2D eigenvalue weighted by Crippen LogP contribution is 2.28. The monoisotopic (exact) mass is 436 g/mol. The Hall–Kier alpha value is -3.86. The van der Waals surface area contributed by atoms with E-state index >= 15 is 0 Å². The van der Waals surface area contributed by atoms with Crippen molar-refractivity contribution < 1.29 is 4.74 Å². The van der Waals surface area contributed by atoms with Gasteiger partial charge in [0.05, 0.1) is 0 Å². The second-order valence-corrected chi connectivity index (χ2v) is 8.42. The molecule has 33 heavy (non-hydrogen) atoms. The van der Waals surface area contributed by atoms with E-state index in [4.69, 9.17) is 9.72 Å². The van der Waals surface area contributed by atoms with Gasteiger partial charge in [-0.2, -0.15) is 5.10 Å². The molecule has 0 aliphatic carbocycles. The number of H-pyrrole nitrogens is 2. The minimum atomic E-state index is 0.677. The van der Waals surface area contributed by atoms with Crippen molar-refractivity contribution in [2.45, 2.75) is 39.0 Å². The van der Waals surface area contributed by atoms with Gasteiger partial charge >= 0.3 is 0 Å². The number of unbranched alkanes of at least 4 members (excludes halogenated alkanes) is 2. The van der Waals surface area contributed by atoms with Crippen LogP contribution in [0.2, 0.25) is 0 Å². The number of fused-ring (bicyclic) bond motifs is 1. The maximum absolute atomic E-state index is 6.09. The summed E-state index contributed by atoms with van der Waals surface area (Å²) in [4.78, 5) is 7.94. The van der Waals surface area contributed by atoms with Gasteiger partial charge in [0, 0.05) is 29.1 Å². The quantitative estimate of drug-likeness (QED) is 0.243. The number of hydrogen-bond acceptors (Lipinski definition) is 3. The third-order valence-electron chi connectivity index (χ3n) is 5.82. The van der Waals surface area contributed by atoms with E-state index in [0.717, 1.165) is 46.6 Å². The van der Waals surface area contributed by atoms with Gasteiger partial charge in [-0.05, 0) is 60.4 Å². The molecule has 0 saturated carbocycles. The van der Waals surface area contributed by atoms with E-state index in [9.17, 15) is 0 Å². The molecule has 0 bridgehead atoms. The third kappa shape index (κ3) is 5.14. The first-order chi connectivity index (χ1) is 16.3. The van der Waals surface area contributed by atoms with E-state index in [1.807, 2.05) is 54.7 Å². The predicted octanol–water partition coefficient (Wildman–Crippen LogP) is 7.07. The van der Waals surface area contributed by atoms with Crippen LogP contribution in [-0.4, -0.2) is 20.2 Å². The Kier molecular flexibility index (Phi) is 6.20. The van der Waals surface area contributed by atoms with E-state index in [2.05, 4.69) is 46.4 Å². The van der Waals surface area contributed by atoms with Crippen LogP contribution in [0.25, 0.3) is 22.3 Å². The molecule has 2 aromatic heterocycles. The molecule has 3 aromatic carbocycles. The van der Waals surface area contributed by atoms with E-state index in [1.54, 1.807) is 0 Å². The van der Waals surface area contributed by atoms with Gasteiger partial charge < -0.3 is 9.72 Å². The fourth-order valence-corrected chi connectivity index (χ4v) is 4.10. The Bertz CT molecular complexity index is 1350. The molecule has 0 unspecified atom stereocenters. The van der Waals surface area contributed by atoms with Gasteiger partial charge in [-0.3, -0.25) is 5.10 Å². The molecule has 0 saturated heterocycles. The van der Waals surface area contributed by atoms with Gasteiger partial charge in [0.1, 0.15) is 17.3 Å². The normalized spacial score (nSPS) is 11.2. The topological polar surface area (TPSA) is 66.6 Å². The molecule has 0 radical (unpaired) electrons. The molecule has 0 aliphatic heterocycles. The average molecular weight is 437 g/mol. The summed E-state index contributed by atoms with van der Waals surface area (Å²) in [7, 11) is 0. The van der Waals surface area contributed by atoms with E-state index < -0.39 is 0 Å². The Morgan fingerprint density at radius 1 is 0.848 bits per heavy atom. The molecule has 0 atom stereocenters. The van der Waals surface area contributed by atoms with Crippen LogP contribution in [0.1, 0.15) is 43.1 Å². The summed E-state index contributed by atoms with van der Waals surface area (Å²) < 4.78 is 6.09. The van der Waals surface area contributed by atoms with Crippen LogP contribution in [0.3, 0.4) is 0 Å². The molecule has 0 spiro atoms. The van der Waals surface area contributed by atoms with Gasteiger partial charge in [-0.1, -0.05) is 56.2 Å². The van der Waals surface area contributed by atoms with Crippen LogP contribution in [-0.2, 0) is 12.8 Å². The first kappa shape index (κ1) is 21.0. The number of aromatic nitrogens is 4. The van der Waals surface area contributed by atoms with E-state index in [0.29, 0.717) is 5.82 Å². The van der Waals surface area contributed by atoms with E-state index in [-0.39, 0.29) is 0 Å². The Morgan fingerprint density at radius 2 is 1.73 bits per heavy atom. The van der Waals surface area contributed by atoms with Crippen molar-refractivity contribution in [1.82, 2.24) is 20.2 Å². The lowest BCUT2D eigenvalue weighted by Gasteiger charge is -2.07. The largest absolute Gasteiger partial charge is 0.457 e. The molecule has 2 heterocycles. The Morgan fingerprint density at radius 3 is 2.67 bits per heavy atom. The van der Waals surface area contributed by atoms with Gasteiger partial charge in [0.25, 0.3) is 0 Å². The standard InChI is InChI=1S/C28H28N4O/c1-2-3-4-7-20-8-5-9-21(16-20)17-27-30-28(32-31-27)23-10-6-11-24(19-23)33-25-12-13-26-22(18-25)14-15-29-26/h5-6,8-16,18-19,29H,2-4,7,17H2,1H3,(H,30,31,32). The highest BCUT2D eigenvalue weighted by molar-refractivity contribution is 5.80. The SMILES string of the molecule is CCCCCc1cccc(Cc2nc(-c3cccc(Oc4ccc5[nH]ccc5c4)c3)n[nH]2)c1. The summed E-state index contributed by atoms with van der Waals surface area (Å²) in [5.41, 5.74) is 4.66. The van der Waals surface area contributed by atoms with Crippen molar-refractivity contribution in [3.05, 3.63) is 95.9 Å².